The summed E-state index contributed by atoms with van der Waals surface area (Å²) in [4.78, 5) is 26.2. The number of anilines is 1. The van der Waals surface area contributed by atoms with E-state index in [9.17, 15) is 9.59 Å². The molecule has 0 atom stereocenters. The molecule has 1 aromatic carbocycles. The van der Waals surface area contributed by atoms with Crippen LogP contribution in [0.5, 0.6) is 0 Å². The van der Waals surface area contributed by atoms with Gasteiger partial charge in [0.2, 0.25) is 5.91 Å². The maximum Gasteiger partial charge on any atom is 0.257 e. The van der Waals surface area contributed by atoms with E-state index in [1.807, 2.05) is 6.92 Å². The molecule has 8 heteroatoms. The lowest BCUT2D eigenvalue weighted by atomic mass is 10.2. The molecule has 2 aromatic rings. The summed E-state index contributed by atoms with van der Waals surface area (Å²) in [6.45, 7) is 2.59. The molecule has 0 fully saturated rings. The van der Waals surface area contributed by atoms with Crippen molar-refractivity contribution in [3.8, 4) is 0 Å². The number of amides is 2. The van der Waals surface area contributed by atoms with Crippen LogP contribution in [0.3, 0.4) is 0 Å². The van der Waals surface area contributed by atoms with Crippen molar-refractivity contribution >= 4 is 41.5 Å². The molecule has 136 valence electrons. The third-order valence-electron chi connectivity index (χ3n) is 3.35. The molecule has 1 heterocycles. The van der Waals surface area contributed by atoms with Gasteiger partial charge >= 0.3 is 0 Å². The van der Waals surface area contributed by atoms with Crippen LogP contribution in [0.1, 0.15) is 29.5 Å². The van der Waals surface area contributed by atoms with Crippen LogP contribution in [-0.2, 0) is 11.3 Å². The van der Waals surface area contributed by atoms with Crippen molar-refractivity contribution < 1.29 is 14.0 Å². The van der Waals surface area contributed by atoms with Gasteiger partial charge < -0.3 is 20.4 Å². The van der Waals surface area contributed by atoms with Gasteiger partial charge in [0.05, 0.1) is 12.1 Å². The zero-order chi connectivity index (χ0) is 17.5. The van der Waals surface area contributed by atoms with Gasteiger partial charge in [0.15, 0.2) is 0 Å². The van der Waals surface area contributed by atoms with Crippen LogP contribution >= 0.6 is 24.0 Å². The molecule has 3 N–H and O–H groups in total. The Morgan fingerprint density at radius 2 is 1.96 bits per heavy atom. The smallest absolute Gasteiger partial charge is 0.257 e. The van der Waals surface area contributed by atoms with E-state index < -0.39 is 0 Å². The summed E-state index contributed by atoms with van der Waals surface area (Å²) < 4.78 is 5.19. The first-order chi connectivity index (χ1) is 11.5. The number of hydrogen-bond acceptors (Lipinski definition) is 4. The topological polar surface area (TPSA) is 88.6 Å². The summed E-state index contributed by atoms with van der Waals surface area (Å²) in [6, 6.07) is 8.38. The summed E-state index contributed by atoms with van der Waals surface area (Å²) in [6.07, 6.45) is 2.10. The van der Waals surface area contributed by atoms with Crippen molar-refractivity contribution in [1.29, 1.82) is 0 Å². The van der Waals surface area contributed by atoms with Crippen LogP contribution in [0.15, 0.2) is 41.0 Å². The fourth-order valence-electron chi connectivity index (χ4n) is 2.21. The van der Waals surface area contributed by atoms with Gasteiger partial charge in [0.25, 0.3) is 5.91 Å². The fourth-order valence-corrected chi connectivity index (χ4v) is 2.34. The predicted octanol–water partition coefficient (Wildman–Crippen LogP) is 3.30. The zero-order valence-electron chi connectivity index (χ0n) is 13.8. The molecule has 6 nitrogen and oxygen atoms in total. The van der Waals surface area contributed by atoms with Crippen LogP contribution in [0.25, 0.3) is 0 Å². The molecule has 0 saturated heterocycles. The van der Waals surface area contributed by atoms with Crippen molar-refractivity contribution in [2.45, 2.75) is 19.9 Å². The molecule has 2 rings (SSSR count). The highest BCUT2D eigenvalue weighted by atomic mass is 35.5. The molecule has 0 aliphatic heterocycles. The van der Waals surface area contributed by atoms with E-state index in [0.717, 1.165) is 6.42 Å². The van der Waals surface area contributed by atoms with Gasteiger partial charge in [-0.15, -0.1) is 12.4 Å². The average Bonchev–Trinajstić information content (AvgIpc) is 3.05. The second kappa shape index (κ2) is 10.1. The Morgan fingerprint density at radius 3 is 2.52 bits per heavy atom. The lowest BCUT2D eigenvalue weighted by Crippen LogP contribution is -2.38. The van der Waals surface area contributed by atoms with Gasteiger partial charge in [-0.2, -0.15) is 0 Å². The zero-order valence-corrected chi connectivity index (χ0v) is 15.4. The maximum atomic E-state index is 12.5. The molecule has 0 spiro atoms. The molecule has 2 amide bonds. The van der Waals surface area contributed by atoms with E-state index in [0.29, 0.717) is 28.6 Å². The Labute approximate surface area is 157 Å². The molecule has 1 aromatic heterocycles. The Hall–Kier alpha value is -2.02. The Morgan fingerprint density at radius 1 is 1.28 bits per heavy atom. The number of halogens is 2. The van der Waals surface area contributed by atoms with Crippen molar-refractivity contribution in [3.63, 3.8) is 0 Å². The van der Waals surface area contributed by atoms with Crippen molar-refractivity contribution in [2.24, 2.45) is 5.73 Å². The van der Waals surface area contributed by atoms with Gasteiger partial charge in [0, 0.05) is 17.3 Å². The van der Waals surface area contributed by atoms with Crippen molar-refractivity contribution in [3.05, 3.63) is 52.9 Å². The molecule has 0 saturated carbocycles. The molecule has 0 radical (unpaired) electrons. The van der Waals surface area contributed by atoms with E-state index in [-0.39, 0.29) is 37.3 Å². The first-order valence-corrected chi connectivity index (χ1v) is 8.03. The quantitative estimate of drug-likeness (QED) is 0.764. The van der Waals surface area contributed by atoms with Crippen LogP contribution in [0, 0.1) is 0 Å². The maximum absolute atomic E-state index is 12.5. The largest absolute Gasteiger partial charge is 0.467 e. The Kier molecular flexibility index (Phi) is 8.48. The van der Waals surface area contributed by atoms with E-state index in [1.165, 1.54) is 11.2 Å². The molecule has 0 aliphatic carbocycles. The summed E-state index contributed by atoms with van der Waals surface area (Å²) in [5.41, 5.74) is 6.50. The van der Waals surface area contributed by atoms with Crippen molar-refractivity contribution in [1.82, 2.24) is 4.90 Å². The normalized spacial score (nSPS) is 10.0. The molecular formula is C17H21Cl2N3O3. The average molecular weight is 386 g/mol. The standard InChI is InChI=1S/C17H20ClN3O3.ClH/c1-2-7-21(17(23)12-8-15(9-19)24-11-12)10-16(22)20-14-5-3-13(18)4-6-14;/h3-6,8,11H,2,7,9-10,19H2,1H3,(H,20,22);1H. The van der Waals surface area contributed by atoms with E-state index in [4.69, 9.17) is 21.8 Å². The van der Waals surface area contributed by atoms with Crippen LogP contribution in [-0.4, -0.2) is 29.8 Å². The molecular weight excluding hydrogens is 365 g/mol. The van der Waals surface area contributed by atoms with Gasteiger partial charge in [-0.1, -0.05) is 18.5 Å². The highest BCUT2D eigenvalue weighted by Crippen LogP contribution is 2.14. The number of nitrogens with one attached hydrogen (secondary N) is 1. The predicted molar refractivity (Wildman–Crippen MR) is 100 cm³/mol. The fraction of sp³-hybridized carbons (Fsp3) is 0.294. The summed E-state index contributed by atoms with van der Waals surface area (Å²) in [5, 5.41) is 3.34. The molecule has 0 aliphatic rings. The first kappa shape index (κ1) is 21.0. The SMILES string of the molecule is CCCN(CC(=O)Nc1ccc(Cl)cc1)C(=O)c1coc(CN)c1.Cl. The lowest BCUT2D eigenvalue weighted by molar-refractivity contribution is -0.116. The van der Waals surface area contributed by atoms with Crippen LogP contribution in [0.2, 0.25) is 5.02 Å². The highest BCUT2D eigenvalue weighted by molar-refractivity contribution is 6.30. The lowest BCUT2D eigenvalue weighted by Gasteiger charge is -2.21. The summed E-state index contributed by atoms with van der Waals surface area (Å²) in [5.74, 6) is -0.00589. The van der Waals surface area contributed by atoms with Crippen LogP contribution < -0.4 is 11.1 Å². The van der Waals surface area contributed by atoms with Gasteiger partial charge in [0.1, 0.15) is 18.6 Å². The number of benzene rings is 1. The second-order valence-electron chi connectivity index (χ2n) is 5.29. The number of nitrogens with two attached hydrogens (primary N) is 1. The van der Waals surface area contributed by atoms with E-state index in [1.54, 1.807) is 30.3 Å². The minimum atomic E-state index is -0.276. The van der Waals surface area contributed by atoms with Crippen LogP contribution in [0.4, 0.5) is 5.69 Å². The minimum Gasteiger partial charge on any atom is -0.467 e. The van der Waals surface area contributed by atoms with E-state index in [2.05, 4.69) is 5.32 Å². The van der Waals surface area contributed by atoms with Gasteiger partial charge in [-0.05, 0) is 36.8 Å². The van der Waals surface area contributed by atoms with Gasteiger partial charge in [-0.25, -0.2) is 0 Å². The third-order valence-corrected chi connectivity index (χ3v) is 3.60. The summed E-state index contributed by atoms with van der Waals surface area (Å²) >= 11 is 5.81. The van der Waals surface area contributed by atoms with E-state index >= 15 is 0 Å². The second-order valence-corrected chi connectivity index (χ2v) is 5.72. The number of carbonyl (C=O) groups is 2. The number of carbonyl (C=O) groups excluding carboxylic acids is 2. The summed E-state index contributed by atoms with van der Waals surface area (Å²) in [7, 11) is 0. The molecule has 0 unspecified atom stereocenters. The third kappa shape index (κ3) is 6.08. The van der Waals surface area contributed by atoms with Crippen molar-refractivity contribution in [2.75, 3.05) is 18.4 Å². The Balaban J connectivity index is 0.00000312. The minimum absolute atomic E-state index is 0. The highest BCUT2D eigenvalue weighted by Gasteiger charge is 2.20. The van der Waals surface area contributed by atoms with Gasteiger partial charge in [-0.3, -0.25) is 9.59 Å². The monoisotopic (exact) mass is 385 g/mol. The number of furan rings is 1. The molecule has 25 heavy (non-hydrogen) atoms. The number of hydrogen-bond donors (Lipinski definition) is 2. The first-order valence-electron chi connectivity index (χ1n) is 7.65. The number of nitrogens with zero attached hydrogens (tertiary/aromatic N) is 1. The Bertz CT molecular complexity index is 701. The number of rotatable bonds is 7. The molecule has 0 bridgehead atoms.